The lowest BCUT2D eigenvalue weighted by atomic mass is 10.0. The number of nitrogens with one attached hydrogen (secondary N) is 1. The first kappa shape index (κ1) is 17.0. The van der Waals surface area contributed by atoms with Crippen molar-refractivity contribution in [3.8, 4) is 6.07 Å². The van der Waals surface area contributed by atoms with E-state index in [9.17, 15) is 14.4 Å². The molecule has 2 aliphatic rings. The average molecular weight is 390 g/mol. The molecule has 1 aliphatic heterocycles. The third-order valence-corrected chi connectivity index (χ3v) is 6.00. The normalized spacial score (nSPS) is 18.0. The fraction of sp³-hybridized carbons (Fsp3) is 0.278. The van der Waals surface area contributed by atoms with Gasteiger partial charge in [0.25, 0.3) is 5.91 Å². The predicted molar refractivity (Wildman–Crippen MR) is 97.1 cm³/mol. The molecule has 8 heteroatoms. The highest BCUT2D eigenvalue weighted by Gasteiger charge is 2.32. The van der Waals surface area contributed by atoms with E-state index in [1.165, 1.54) is 23.5 Å². The van der Waals surface area contributed by atoms with Crippen LogP contribution in [0.15, 0.2) is 23.4 Å². The van der Waals surface area contributed by atoms with E-state index < -0.39 is 17.8 Å². The van der Waals surface area contributed by atoms with E-state index in [2.05, 4.69) is 16.5 Å². The Bertz CT molecular complexity index is 959. The monoisotopic (exact) mass is 389 g/mol. The number of carbonyl (C=O) groups is 1. The van der Waals surface area contributed by atoms with Gasteiger partial charge >= 0.3 is 0 Å². The van der Waals surface area contributed by atoms with Crippen LogP contribution in [0.5, 0.6) is 0 Å². The molecule has 5 nitrogen and oxygen atoms in total. The molecule has 1 amide bonds. The zero-order chi connectivity index (χ0) is 18.3. The van der Waals surface area contributed by atoms with Gasteiger partial charge in [-0.1, -0.05) is 22.8 Å². The number of aryl methyl sites for hydroxylation is 1. The fourth-order valence-electron chi connectivity index (χ4n) is 3.24. The van der Waals surface area contributed by atoms with Gasteiger partial charge in [-0.25, -0.2) is 4.39 Å². The molecule has 4 rings (SSSR count). The van der Waals surface area contributed by atoms with E-state index in [1.807, 2.05) is 0 Å². The van der Waals surface area contributed by atoms with Gasteiger partial charge in [0.15, 0.2) is 0 Å². The number of hydrogen-bond acceptors (Lipinski definition) is 5. The first-order valence-electron chi connectivity index (χ1n) is 8.11. The summed E-state index contributed by atoms with van der Waals surface area (Å²) in [5.74, 6) is -0.921. The van der Waals surface area contributed by atoms with E-state index in [0.717, 1.165) is 29.7 Å². The summed E-state index contributed by atoms with van der Waals surface area (Å²) in [6.45, 7) is 0. The van der Waals surface area contributed by atoms with Gasteiger partial charge in [-0.3, -0.25) is 4.79 Å². The summed E-state index contributed by atoms with van der Waals surface area (Å²) in [4.78, 5) is 18.9. The highest BCUT2D eigenvalue weighted by Crippen LogP contribution is 2.38. The molecule has 0 radical (unpaired) electrons. The van der Waals surface area contributed by atoms with Crippen molar-refractivity contribution in [2.45, 2.75) is 31.8 Å². The zero-order valence-electron chi connectivity index (χ0n) is 13.5. The molecule has 1 atom stereocenters. The molecule has 0 fully saturated rings. The van der Waals surface area contributed by atoms with Gasteiger partial charge in [0.1, 0.15) is 16.9 Å². The number of nitriles is 1. The quantitative estimate of drug-likeness (QED) is 0.861. The predicted octanol–water partition coefficient (Wildman–Crippen LogP) is 4.03. The minimum absolute atomic E-state index is 0.111. The third-order valence-electron chi connectivity index (χ3n) is 4.48. The molecule has 26 heavy (non-hydrogen) atoms. The maximum Gasteiger partial charge on any atom is 0.269 e. The lowest BCUT2D eigenvalue weighted by Gasteiger charge is -2.09. The van der Waals surface area contributed by atoms with Crippen LogP contribution in [0.25, 0.3) is 0 Å². The Hall–Kier alpha value is -2.43. The van der Waals surface area contributed by atoms with E-state index >= 15 is 0 Å². The number of rotatable bonds is 3. The summed E-state index contributed by atoms with van der Waals surface area (Å²) in [6.07, 6.45) is 2.06. The Morgan fingerprint density at radius 2 is 2.31 bits per heavy atom. The number of hydrogen-bond donors (Lipinski definition) is 1. The van der Waals surface area contributed by atoms with Crippen molar-refractivity contribution in [3.63, 3.8) is 0 Å². The third kappa shape index (κ3) is 2.85. The molecule has 0 saturated carbocycles. The Kier molecular flexibility index (Phi) is 4.39. The molecule has 1 N–H and O–H groups in total. The van der Waals surface area contributed by atoms with Gasteiger partial charge in [-0.15, -0.1) is 11.3 Å². The summed E-state index contributed by atoms with van der Waals surface area (Å²) >= 11 is 7.47. The molecule has 0 bridgehead atoms. The Morgan fingerprint density at radius 3 is 3.08 bits per heavy atom. The minimum atomic E-state index is -0.885. The molecule has 1 aromatic heterocycles. The second-order valence-corrected chi connectivity index (χ2v) is 7.61. The second kappa shape index (κ2) is 6.71. The number of amides is 1. The Morgan fingerprint density at radius 1 is 1.46 bits per heavy atom. The molecule has 0 saturated heterocycles. The van der Waals surface area contributed by atoms with Crippen LogP contribution in [0.1, 0.15) is 34.4 Å². The smallest absolute Gasteiger partial charge is 0.269 e. The second-order valence-electron chi connectivity index (χ2n) is 6.10. The first-order chi connectivity index (χ1) is 12.6. The van der Waals surface area contributed by atoms with Crippen molar-refractivity contribution < 1.29 is 14.0 Å². The molecule has 0 spiro atoms. The number of oxime groups is 1. The molecular weight excluding hydrogens is 377 g/mol. The number of halogens is 2. The van der Waals surface area contributed by atoms with Crippen LogP contribution in [-0.2, 0) is 22.5 Å². The number of carbonyl (C=O) groups excluding carboxylic acids is 1. The SMILES string of the molecule is N#Cc1c(NC(=O)[C@H]2CC(c3c(F)cccc3Cl)=NO2)sc2c1CCC2. The van der Waals surface area contributed by atoms with Gasteiger partial charge < -0.3 is 10.2 Å². The molecule has 1 aliphatic carbocycles. The maximum absolute atomic E-state index is 14.0. The Balaban J connectivity index is 1.49. The molecule has 2 aromatic rings. The summed E-state index contributed by atoms with van der Waals surface area (Å²) in [6, 6.07) is 6.52. The molecule has 132 valence electrons. The standard InChI is InChI=1S/C18H13ClFN3O2S/c19-11-4-2-5-12(20)16(11)13-7-14(25-23-13)17(24)22-18-10(8-21)9-3-1-6-15(9)26-18/h2,4-5,14H,1,3,6-7H2,(H,22,24)/t14-/m1/s1. The van der Waals surface area contributed by atoms with Crippen molar-refractivity contribution in [1.29, 1.82) is 5.26 Å². The van der Waals surface area contributed by atoms with E-state index in [4.69, 9.17) is 16.4 Å². The van der Waals surface area contributed by atoms with Crippen molar-refractivity contribution in [2.24, 2.45) is 5.16 Å². The molecule has 0 unspecified atom stereocenters. The lowest BCUT2D eigenvalue weighted by molar-refractivity contribution is -0.125. The molecule has 2 heterocycles. The van der Waals surface area contributed by atoms with E-state index in [0.29, 0.717) is 16.3 Å². The van der Waals surface area contributed by atoms with Crippen LogP contribution in [-0.4, -0.2) is 17.7 Å². The van der Waals surface area contributed by atoms with Crippen LogP contribution in [0.4, 0.5) is 9.39 Å². The van der Waals surface area contributed by atoms with Gasteiger partial charge in [0, 0.05) is 11.3 Å². The number of benzene rings is 1. The van der Waals surface area contributed by atoms with Crippen LogP contribution in [0, 0.1) is 17.1 Å². The number of anilines is 1. The molecular formula is C18H13ClFN3O2S. The summed E-state index contributed by atoms with van der Waals surface area (Å²) in [7, 11) is 0. The topological polar surface area (TPSA) is 74.5 Å². The summed E-state index contributed by atoms with van der Waals surface area (Å²) < 4.78 is 14.0. The van der Waals surface area contributed by atoms with Gasteiger partial charge in [0.2, 0.25) is 6.10 Å². The van der Waals surface area contributed by atoms with E-state index in [1.54, 1.807) is 6.07 Å². The zero-order valence-corrected chi connectivity index (χ0v) is 15.1. The summed E-state index contributed by atoms with van der Waals surface area (Å²) in [5.41, 5.74) is 2.02. The van der Waals surface area contributed by atoms with Crippen LogP contribution in [0.2, 0.25) is 5.02 Å². The van der Waals surface area contributed by atoms with Gasteiger partial charge in [-0.2, -0.15) is 5.26 Å². The van der Waals surface area contributed by atoms with Gasteiger partial charge in [0.05, 0.1) is 21.9 Å². The highest BCUT2D eigenvalue weighted by molar-refractivity contribution is 7.16. The summed E-state index contributed by atoms with van der Waals surface area (Å²) in [5, 5.41) is 16.8. The average Bonchev–Trinajstić information content (AvgIpc) is 3.30. The Labute approximate surface area is 158 Å². The van der Waals surface area contributed by atoms with Crippen LogP contribution >= 0.6 is 22.9 Å². The molecule has 1 aromatic carbocycles. The fourth-order valence-corrected chi connectivity index (χ4v) is 4.76. The largest absolute Gasteiger partial charge is 0.382 e. The van der Waals surface area contributed by atoms with E-state index in [-0.39, 0.29) is 17.0 Å². The number of fused-ring (bicyclic) bond motifs is 1. The minimum Gasteiger partial charge on any atom is -0.382 e. The van der Waals surface area contributed by atoms with Crippen molar-refractivity contribution >= 4 is 39.6 Å². The van der Waals surface area contributed by atoms with Crippen molar-refractivity contribution in [1.82, 2.24) is 0 Å². The van der Waals surface area contributed by atoms with Crippen LogP contribution < -0.4 is 5.32 Å². The van der Waals surface area contributed by atoms with Crippen LogP contribution in [0.3, 0.4) is 0 Å². The van der Waals surface area contributed by atoms with Gasteiger partial charge in [-0.05, 0) is 37.0 Å². The number of nitrogens with zero attached hydrogens (tertiary/aromatic N) is 2. The van der Waals surface area contributed by atoms with Crippen molar-refractivity contribution in [3.05, 3.63) is 50.6 Å². The highest BCUT2D eigenvalue weighted by atomic mass is 35.5. The number of thiophene rings is 1. The lowest BCUT2D eigenvalue weighted by Crippen LogP contribution is -2.28. The first-order valence-corrected chi connectivity index (χ1v) is 9.30. The maximum atomic E-state index is 14.0. The van der Waals surface area contributed by atoms with Crippen molar-refractivity contribution in [2.75, 3.05) is 5.32 Å².